The smallest absolute Gasteiger partial charge is 0.303 e. The fourth-order valence-electron chi connectivity index (χ4n) is 14.5. The normalized spacial score (nSPS) is 19.2. The summed E-state index contributed by atoms with van der Waals surface area (Å²) in [5.41, 5.74) is 39.2. The number of aliphatic hydroxyl groups excluding tert-OH is 1. The molecule has 4 aromatic carbocycles. The molecule has 2 fully saturated rings. The van der Waals surface area contributed by atoms with E-state index >= 15 is 24.0 Å². The Balaban J connectivity index is 0.0000128. The van der Waals surface area contributed by atoms with Crippen LogP contribution in [0.3, 0.4) is 0 Å². The number of carbonyl (C=O) groups is 15. The van der Waals surface area contributed by atoms with Gasteiger partial charge in [-0.1, -0.05) is 138 Å². The molecule has 0 spiro atoms. The summed E-state index contributed by atoms with van der Waals surface area (Å²) < 4.78 is 0. The molecule has 662 valence electrons. The number of aromatic hydroxyl groups is 3. The van der Waals surface area contributed by atoms with Crippen LogP contribution >= 0.6 is 11.6 Å². The minimum Gasteiger partial charge on any atom is -0.677 e. The summed E-state index contributed by atoms with van der Waals surface area (Å²) in [4.78, 5) is 215. The summed E-state index contributed by atoms with van der Waals surface area (Å²) in [7, 11) is 0. The molecule has 4 aromatic rings. The Bertz CT molecular complexity index is 4200. The zero-order valence-corrected chi connectivity index (χ0v) is 82.1. The Labute approximate surface area is 822 Å². The van der Waals surface area contributed by atoms with Crippen molar-refractivity contribution in [1.29, 1.82) is 0 Å². The van der Waals surface area contributed by atoms with Crippen LogP contribution in [-0.4, -0.2) is 193 Å². The van der Waals surface area contributed by atoms with E-state index in [0.29, 0.717) is 34.2 Å². The topological polar surface area (TPSA) is 566 Å². The van der Waals surface area contributed by atoms with Crippen molar-refractivity contribution in [3.63, 3.8) is 0 Å². The van der Waals surface area contributed by atoms with Crippen molar-refractivity contribution in [2.24, 2.45) is 47.2 Å². The Kier molecular flexibility index (Phi) is 52.9. The predicted molar refractivity (Wildman–Crippen MR) is 440 cm³/mol. The van der Waals surface area contributed by atoms with Crippen LogP contribution in [-0.2, 0) is 235 Å². The van der Waals surface area contributed by atoms with Gasteiger partial charge in [0.25, 0.3) is 0 Å². The van der Waals surface area contributed by atoms with Gasteiger partial charge < -0.3 is 96.3 Å². The van der Waals surface area contributed by atoms with Crippen LogP contribution in [0.5, 0.6) is 17.2 Å². The van der Waals surface area contributed by atoms with Crippen molar-refractivity contribution in [3.05, 3.63) is 147 Å². The number of aliphatic carboxylic acids is 1. The van der Waals surface area contributed by atoms with Crippen molar-refractivity contribution in [2.45, 2.75) is 224 Å². The fraction of sp³-hybridized carbons (Fsp3) is 0.541. The molecule has 2 aliphatic heterocycles. The number of phenols is 3. The largest absolute Gasteiger partial charge is 0.677 e. The number of halogens is 1. The Morgan fingerprint density at radius 2 is 1.15 bits per heavy atom. The Morgan fingerprint density at radius 3 is 1.71 bits per heavy atom. The maximum atomic E-state index is 15.5. The van der Waals surface area contributed by atoms with Crippen LogP contribution in [0, 0.1) is 41.4 Å². The van der Waals surface area contributed by atoms with Gasteiger partial charge in [-0.05, 0) is 127 Å². The zero-order valence-electron chi connectivity index (χ0n) is 70.0. The molecule has 9 amide bonds. The van der Waals surface area contributed by atoms with Crippen LogP contribution in [0.4, 0.5) is 0 Å². The number of carboxylic acid groups (broad SMARTS) is 1. The molecule has 0 aromatic heterocycles. The number of hydrogen-bond acceptors (Lipinski definition) is 19. The molecule has 2 heterocycles. The molecular formula is C85H114ClN13O20Y4-4. The number of carbonyl (C=O) groups excluding carboxylic acids is 14. The number of carboxylic acids is 1. The summed E-state index contributed by atoms with van der Waals surface area (Å²) in [6, 6.07) is 12.2. The fourth-order valence-corrected chi connectivity index (χ4v) is 14.7. The molecule has 0 bridgehead atoms. The summed E-state index contributed by atoms with van der Waals surface area (Å²) in [6.45, 7) is 5.56. The number of primary amides is 1. The van der Waals surface area contributed by atoms with Gasteiger partial charge in [-0.25, -0.2) is 0 Å². The SMILES string of the molecule is CC[C@H](C)[C@H](NC(=O)C(CC(=O)[C@@H]1CCCC[C@H](NC(=O)[C@@H](CCC(=O)O)CC(=O)[C@H](Cc2ccc(O)cc2)NC(=O)[C@@H]([NH-])CC[NH-])C(=O)N2CC(O)C[C@H]2C(=O)CC(Cc2ccc(O)c(Cl)c2)C(=O)NCC(=O)CC(CC(C)C)C(=O)N1)Cc1ccc(O)cc1)C(=O)CC(CCC(N)=O)C(=O)NCc1ccc(CNC(=O)C([NH-])CC[NH-])cc1.[Y].[Y].[Y].[Y]. The minimum atomic E-state index is -1.68. The monoisotopic (exact) mass is 2030 g/mol. The number of aliphatic hydroxyl groups is 1. The van der Waals surface area contributed by atoms with E-state index in [9.17, 15) is 73.5 Å². The molecule has 0 saturated carbocycles. The number of hydrogen-bond donors (Lipinski definition) is 13. The molecule has 123 heavy (non-hydrogen) atoms. The number of nitrogens with two attached hydrogens (primary N) is 1. The van der Waals surface area contributed by atoms with Gasteiger partial charge in [0.1, 0.15) is 23.3 Å². The molecule has 4 radical (unpaired) electrons. The molecule has 38 heteroatoms. The van der Waals surface area contributed by atoms with Crippen molar-refractivity contribution in [3.8, 4) is 17.2 Å². The third-order valence-electron chi connectivity index (χ3n) is 21.6. The van der Waals surface area contributed by atoms with Crippen molar-refractivity contribution in [2.75, 3.05) is 26.2 Å². The van der Waals surface area contributed by atoms with Gasteiger partial charge in [0.15, 0.2) is 28.9 Å². The van der Waals surface area contributed by atoms with Crippen LogP contribution < -0.4 is 43.0 Å². The molecule has 6 unspecified atom stereocenters. The second-order valence-electron chi connectivity index (χ2n) is 31.6. The number of phenolic OH excluding ortho intramolecular Hbond substituents is 3. The molecule has 6 rings (SSSR count). The number of rotatable bonds is 41. The predicted octanol–water partition coefficient (Wildman–Crippen LogP) is 6.82. The van der Waals surface area contributed by atoms with Crippen LogP contribution in [0.2, 0.25) is 5.02 Å². The third-order valence-corrected chi connectivity index (χ3v) is 21.9. The van der Waals surface area contributed by atoms with Crippen LogP contribution in [0.1, 0.15) is 171 Å². The molecule has 14 atom stereocenters. The van der Waals surface area contributed by atoms with E-state index in [-0.39, 0.29) is 269 Å². The molecule has 2 aliphatic rings. The van der Waals surface area contributed by atoms with E-state index in [1.165, 1.54) is 66.7 Å². The second kappa shape index (κ2) is 57.6. The molecule has 18 N–H and O–H groups in total. The van der Waals surface area contributed by atoms with Crippen molar-refractivity contribution < 1.29 is 228 Å². The van der Waals surface area contributed by atoms with Gasteiger partial charge in [-0.2, -0.15) is 13.1 Å². The third kappa shape index (κ3) is 38.7. The first-order valence-electron chi connectivity index (χ1n) is 40.4. The number of amides is 9. The van der Waals surface area contributed by atoms with E-state index in [4.69, 9.17) is 40.3 Å². The summed E-state index contributed by atoms with van der Waals surface area (Å²) >= 11 is 6.30. The Hall–Kier alpha value is -6.16. The van der Waals surface area contributed by atoms with E-state index < -0.39 is 230 Å². The number of nitrogens with zero attached hydrogens (tertiary/aromatic N) is 1. The maximum absolute atomic E-state index is 15.5. The van der Waals surface area contributed by atoms with E-state index in [0.717, 1.165) is 4.90 Å². The molecular weight excluding hydrogens is 1910 g/mol. The van der Waals surface area contributed by atoms with E-state index in [1.54, 1.807) is 52.0 Å². The van der Waals surface area contributed by atoms with Crippen LogP contribution in [0.15, 0.2) is 91.0 Å². The van der Waals surface area contributed by atoms with Gasteiger partial charge in [-0.3, -0.25) is 71.9 Å². The Morgan fingerprint density at radius 1 is 0.610 bits per heavy atom. The first-order valence-corrected chi connectivity index (χ1v) is 40.8. The first kappa shape index (κ1) is 113. The van der Waals surface area contributed by atoms with Crippen molar-refractivity contribution >= 4 is 99.7 Å². The zero-order chi connectivity index (χ0) is 87.7. The molecule has 2 saturated heterocycles. The minimum absolute atomic E-state index is 0. The van der Waals surface area contributed by atoms with Gasteiger partial charge in [0.2, 0.25) is 53.2 Å². The van der Waals surface area contributed by atoms with Crippen LogP contribution in [0.25, 0.3) is 22.9 Å². The van der Waals surface area contributed by atoms with Gasteiger partial charge >= 0.3 is 5.97 Å². The molecule has 33 nitrogen and oxygen atoms in total. The van der Waals surface area contributed by atoms with E-state index in [1.807, 2.05) is 0 Å². The van der Waals surface area contributed by atoms with Gasteiger partial charge in [0.05, 0.1) is 41.8 Å². The second-order valence-corrected chi connectivity index (χ2v) is 32.0. The summed E-state index contributed by atoms with van der Waals surface area (Å²) in [6.07, 6.45) is -7.63. The summed E-state index contributed by atoms with van der Waals surface area (Å²) in [5.74, 6) is -20.2. The number of fused-ring (bicyclic) bond motifs is 1. The number of Topliss-reactive ketones (excluding diaryl/α,β-unsaturated/α-hetero) is 5. The number of nitrogens with one attached hydrogen (secondary N) is 11. The van der Waals surface area contributed by atoms with Gasteiger partial charge in [-0.15, -0.1) is 0 Å². The quantitative estimate of drug-likeness (QED) is 0.0217. The first-order chi connectivity index (χ1) is 56.4. The van der Waals surface area contributed by atoms with E-state index in [2.05, 4.69) is 37.2 Å². The average Bonchev–Trinajstić information content (AvgIpc) is 1.72. The van der Waals surface area contributed by atoms with Gasteiger partial charge in [0, 0.05) is 231 Å². The average molecular weight is 2030 g/mol. The number of benzene rings is 4. The van der Waals surface area contributed by atoms with Crippen molar-refractivity contribution in [1.82, 2.24) is 42.1 Å². The maximum Gasteiger partial charge on any atom is 0.303 e. The molecule has 0 aliphatic carbocycles. The standard InChI is InChI=1S/C85H114ClN13O20.4Y/c1-5-48(4)77(74(108)39-54(19-26-75(91)109)78(112)92-43-51-10-12-52(13-11-51)44-93-83(117)64(89)28-30-87)98-82(116)58(33-49-14-21-59(100)22-15-49)40-71(105)66-8-6-7-9-67(96-80(114)55(20-27-76(110)111)38-72(106)68(97-84(118)65(90)29-31-88)36-50-16-23-60(101)24-17-50)85(119)99-46-62(103)42-69(99)73(107)41-57(34-53-18-25-70(104)63(86)35-53)79(113)94-45-61(102)37-56(32-47(2)3)81(115)95-66;;;;/h10-18,21-25,35,47-48,54-58,62,64-69,77,87-90,100-101,103-104H,5-9,19-20,26-34,36-46H2,1-4H3,(H2,91,109)(H,92,112)(H,93,117)(H,94,113)(H,95,115)(H,96,114)(H,97,118)(H,98,116)(H,110,111);;;;/q-4;;;;/t48-,54?,55-,56?,57?,58?,62?,64?,65-,66-,67-,68-,69-,77-;;;;/m0..../s1. The summed E-state index contributed by atoms with van der Waals surface area (Å²) in [5, 5.41) is 71.0. The number of ketones is 5.